The molecule has 14 N–H and O–H groups in total. The summed E-state index contributed by atoms with van der Waals surface area (Å²) in [6.07, 6.45) is -45.2. The van der Waals surface area contributed by atoms with Gasteiger partial charge in [0, 0.05) is 26.0 Å². The van der Waals surface area contributed by atoms with E-state index in [0.717, 1.165) is 26.0 Å². The lowest BCUT2D eigenvalue weighted by Gasteiger charge is -2.51. The van der Waals surface area contributed by atoms with E-state index in [9.17, 15) is 95.5 Å². The van der Waals surface area contributed by atoms with Gasteiger partial charge in [0.1, 0.15) is 122 Å². The summed E-state index contributed by atoms with van der Waals surface area (Å²) in [5.41, 5.74) is 0.509. The molecule has 92 heavy (non-hydrogen) atoms. The molecular formula is C59H72O33. The fraction of sp³-hybridized carbons (Fsp3) is 0.542. The number of carbonyl (C=O) groups is 5. The van der Waals surface area contributed by atoms with Crippen LogP contribution in [0.1, 0.15) is 35.3 Å². The van der Waals surface area contributed by atoms with Crippen LogP contribution in [0.25, 0.3) is 12.2 Å². The van der Waals surface area contributed by atoms with Crippen LogP contribution in [-0.4, -0.2) is 288 Å². The monoisotopic (exact) mass is 1310 g/mol. The minimum atomic E-state index is -3.00. The van der Waals surface area contributed by atoms with Crippen molar-refractivity contribution in [2.45, 2.75) is 161 Å². The van der Waals surface area contributed by atoms with Gasteiger partial charge in [0.15, 0.2) is 43.5 Å². The highest BCUT2D eigenvalue weighted by molar-refractivity contribution is 5.90. The van der Waals surface area contributed by atoms with E-state index >= 15 is 0 Å². The van der Waals surface area contributed by atoms with E-state index in [-0.39, 0.29) is 17.1 Å². The Bertz CT molecular complexity index is 2970. The average Bonchev–Trinajstić information content (AvgIpc) is 1.36. The van der Waals surface area contributed by atoms with Crippen molar-refractivity contribution >= 4 is 42.0 Å². The second-order valence-electron chi connectivity index (χ2n) is 21.6. The van der Waals surface area contributed by atoms with Gasteiger partial charge < -0.3 is 138 Å². The zero-order valence-electron chi connectivity index (χ0n) is 48.9. The predicted octanol–water partition coefficient (Wildman–Crippen LogP) is -4.98. The van der Waals surface area contributed by atoms with Crippen LogP contribution in [0, 0.1) is 0 Å². The second-order valence-corrected chi connectivity index (χ2v) is 21.6. The zero-order valence-corrected chi connectivity index (χ0v) is 48.9. The standard InChI is InChI=1S/C59H72O33/c1-26(64)79-24-37-49(86-39(69)19-13-29-10-16-32(67)17-11-29)51(88-57-47(77)50(48(81-27(2)65)36(23-63)84-57)87-55-45(75)43(73)40(70)33(20-60)82-55)52(89-56-46(76)44(74)41(71)34(21-61)83-56)58(85-37)92-59(25-80-38(68)18-12-28-8-14-31(66)15-9-28)53(42(72)35(22-62)91-59)90-54(78)30-6-4-3-5-7-30/h3-19,33-37,40-53,55-58,60-63,66-67,70-77H,20-25H2,1-2H3. The van der Waals surface area contributed by atoms with Gasteiger partial charge in [-0.25, -0.2) is 14.4 Å². The Morgan fingerprint density at radius 2 is 0.935 bits per heavy atom. The minimum Gasteiger partial charge on any atom is -0.508 e. The first-order valence-corrected chi connectivity index (χ1v) is 28.6. The molecule has 5 heterocycles. The van der Waals surface area contributed by atoms with Crippen LogP contribution in [0.15, 0.2) is 91.0 Å². The number of phenols is 2. The number of ether oxygens (including phenoxy) is 14. The Morgan fingerprint density at radius 3 is 1.46 bits per heavy atom. The number of hydrogen-bond acceptors (Lipinski definition) is 33. The van der Waals surface area contributed by atoms with Crippen molar-refractivity contribution in [2.24, 2.45) is 0 Å². The smallest absolute Gasteiger partial charge is 0.338 e. The molecule has 506 valence electrons. The SMILES string of the molecule is CC(=O)OCC1OC(OC2(COC(=O)C=Cc3ccc(O)cc3)OC(CO)C(O)C2OC(=O)c2ccccc2)C(OC2OC(CO)C(O)C(O)C2O)C(OC2OC(CO)C(OC(C)=O)C(OC3OC(CO)C(O)C(O)C3O)C2O)C1OC(=O)C=Cc1ccc(O)cc1. The molecule has 0 spiro atoms. The summed E-state index contributed by atoms with van der Waals surface area (Å²) in [4.78, 5) is 67.7. The molecular weight excluding hydrogens is 1240 g/mol. The number of phenolic OH excluding ortho intramolecular Hbond substituents is 2. The molecule has 3 aromatic rings. The topological polar surface area (TPSA) is 498 Å². The predicted molar refractivity (Wildman–Crippen MR) is 297 cm³/mol. The van der Waals surface area contributed by atoms with Crippen LogP contribution in [0.2, 0.25) is 0 Å². The van der Waals surface area contributed by atoms with E-state index in [1.54, 1.807) is 6.07 Å². The van der Waals surface area contributed by atoms with E-state index in [2.05, 4.69) is 0 Å². The third-order valence-electron chi connectivity index (χ3n) is 15.2. The van der Waals surface area contributed by atoms with Crippen LogP contribution in [0.4, 0.5) is 0 Å². The summed E-state index contributed by atoms with van der Waals surface area (Å²) in [7, 11) is 0. The molecule has 0 aliphatic carbocycles. The van der Waals surface area contributed by atoms with E-state index in [4.69, 9.17) is 66.3 Å². The van der Waals surface area contributed by atoms with Gasteiger partial charge in [-0.2, -0.15) is 0 Å². The van der Waals surface area contributed by atoms with Crippen molar-refractivity contribution in [3.05, 3.63) is 108 Å². The molecule has 0 radical (unpaired) electrons. The Hall–Kier alpha value is -6.75. The third kappa shape index (κ3) is 17.0. The van der Waals surface area contributed by atoms with Gasteiger partial charge in [0.25, 0.3) is 0 Å². The number of rotatable bonds is 24. The average molecular weight is 1310 g/mol. The van der Waals surface area contributed by atoms with Crippen molar-refractivity contribution in [3.8, 4) is 11.5 Å². The van der Waals surface area contributed by atoms with Crippen LogP contribution >= 0.6 is 0 Å². The van der Waals surface area contributed by atoms with Gasteiger partial charge in [-0.05, 0) is 59.7 Å². The van der Waals surface area contributed by atoms with Gasteiger partial charge in [-0.15, -0.1) is 0 Å². The molecule has 24 atom stereocenters. The molecule has 0 saturated carbocycles. The van der Waals surface area contributed by atoms with Crippen LogP contribution in [-0.2, 0) is 85.5 Å². The Morgan fingerprint density at radius 1 is 0.457 bits per heavy atom. The van der Waals surface area contributed by atoms with Crippen molar-refractivity contribution in [2.75, 3.05) is 39.6 Å². The summed E-state index contributed by atoms with van der Waals surface area (Å²) >= 11 is 0. The lowest BCUT2D eigenvalue weighted by atomic mass is 9.95. The lowest BCUT2D eigenvalue weighted by molar-refractivity contribution is -0.423. The first-order chi connectivity index (χ1) is 43.9. The fourth-order valence-electron chi connectivity index (χ4n) is 10.5. The van der Waals surface area contributed by atoms with Crippen molar-refractivity contribution in [3.63, 3.8) is 0 Å². The molecule has 24 unspecified atom stereocenters. The Kier molecular flexibility index (Phi) is 24.7. The maximum Gasteiger partial charge on any atom is 0.338 e. The number of carbonyl (C=O) groups excluding carboxylic acids is 5. The molecule has 0 aromatic heterocycles. The molecule has 33 nitrogen and oxygen atoms in total. The van der Waals surface area contributed by atoms with Gasteiger partial charge in [-0.3, -0.25) is 9.59 Å². The molecule has 5 aliphatic heterocycles. The Labute approximate surface area is 522 Å². The van der Waals surface area contributed by atoms with Gasteiger partial charge in [0.2, 0.25) is 5.79 Å². The number of benzene rings is 3. The van der Waals surface area contributed by atoms with Crippen molar-refractivity contribution < 1.29 is 162 Å². The molecule has 0 bridgehead atoms. The summed E-state index contributed by atoms with van der Waals surface area (Å²) in [6.45, 7) is -4.75. The molecule has 33 heteroatoms. The summed E-state index contributed by atoms with van der Waals surface area (Å²) < 4.78 is 84.1. The third-order valence-corrected chi connectivity index (χ3v) is 15.2. The highest BCUT2D eigenvalue weighted by Crippen LogP contribution is 2.43. The van der Waals surface area contributed by atoms with E-state index in [0.29, 0.717) is 11.1 Å². The second kappa shape index (κ2) is 31.9. The number of aromatic hydroxyl groups is 2. The summed E-state index contributed by atoms with van der Waals surface area (Å²) in [6, 6.07) is 17.9. The number of aliphatic hydroxyl groups is 12. The van der Waals surface area contributed by atoms with Crippen LogP contribution in [0.5, 0.6) is 11.5 Å². The largest absolute Gasteiger partial charge is 0.508 e. The molecule has 0 amide bonds. The maximum atomic E-state index is 14.3. The van der Waals surface area contributed by atoms with Crippen molar-refractivity contribution in [1.29, 1.82) is 0 Å². The van der Waals surface area contributed by atoms with E-state index in [1.165, 1.54) is 84.9 Å². The Balaban J connectivity index is 1.30. The molecule has 8 rings (SSSR count). The summed E-state index contributed by atoms with van der Waals surface area (Å²) in [5, 5.41) is 152. The molecule has 5 aliphatic rings. The summed E-state index contributed by atoms with van der Waals surface area (Å²) in [5.74, 6) is -9.08. The highest BCUT2D eigenvalue weighted by Gasteiger charge is 2.65. The van der Waals surface area contributed by atoms with E-state index in [1.807, 2.05) is 0 Å². The number of hydrogen-bond donors (Lipinski definition) is 14. The van der Waals surface area contributed by atoms with Gasteiger partial charge in [-0.1, -0.05) is 42.5 Å². The first-order valence-electron chi connectivity index (χ1n) is 28.6. The van der Waals surface area contributed by atoms with E-state index < -0.39 is 216 Å². The minimum absolute atomic E-state index is 0.113. The molecule has 5 fully saturated rings. The van der Waals surface area contributed by atoms with Gasteiger partial charge in [0.05, 0.1) is 32.0 Å². The van der Waals surface area contributed by atoms with Crippen LogP contribution < -0.4 is 0 Å². The first kappa shape index (κ1) is 71.1. The van der Waals surface area contributed by atoms with Crippen molar-refractivity contribution in [1.82, 2.24) is 0 Å². The quantitative estimate of drug-likeness (QED) is 0.0227. The van der Waals surface area contributed by atoms with Gasteiger partial charge >= 0.3 is 29.8 Å². The normalized spacial score (nSPS) is 36.5. The molecule has 5 saturated heterocycles. The fourth-order valence-corrected chi connectivity index (χ4v) is 10.5. The van der Waals surface area contributed by atoms with Crippen LogP contribution in [0.3, 0.4) is 0 Å². The number of aliphatic hydroxyl groups excluding tert-OH is 12. The lowest BCUT2D eigenvalue weighted by Crippen LogP contribution is -2.70. The maximum absolute atomic E-state index is 14.3. The zero-order chi connectivity index (χ0) is 66.7. The molecule has 3 aromatic carbocycles. The highest BCUT2D eigenvalue weighted by atomic mass is 16.8. The number of esters is 5.